The van der Waals surface area contributed by atoms with Crippen molar-refractivity contribution in [2.75, 3.05) is 17.2 Å². The van der Waals surface area contributed by atoms with Crippen molar-refractivity contribution in [2.24, 2.45) is 0 Å². The zero-order valence-electron chi connectivity index (χ0n) is 11.4. The Bertz CT molecular complexity index is 362. The predicted molar refractivity (Wildman–Crippen MR) is 71.1 cm³/mol. The lowest BCUT2D eigenvalue weighted by Crippen LogP contribution is -2.33. The van der Waals surface area contributed by atoms with Crippen molar-refractivity contribution in [2.45, 2.75) is 53.0 Å². The van der Waals surface area contributed by atoms with Crippen LogP contribution < -0.4 is 10.6 Å². The fourth-order valence-electron chi connectivity index (χ4n) is 1.61. The van der Waals surface area contributed by atoms with Gasteiger partial charge in [-0.05, 0) is 20.3 Å². The van der Waals surface area contributed by atoms with E-state index in [1.54, 1.807) is 0 Å². The molecular formula is C12H23N5. The minimum absolute atomic E-state index is 0.259. The maximum absolute atomic E-state index is 5.74. The van der Waals surface area contributed by atoms with Gasteiger partial charge in [-0.15, -0.1) is 0 Å². The largest absolute Gasteiger partial charge is 0.368 e. The first-order valence-electron chi connectivity index (χ1n) is 6.23. The summed E-state index contributed by atoms with van der Waals surface area (Å²) in [5.41, 5.74) is 5.74. The summed E-state index contributed by atoms with van der Waals surface area (Å²) in [7, 11) is 0. The molecule has 1 rings (SSSR count). The number of hydrogen-bond donors (Lipinski definition) is 1. The maximum atomic E-state index is 5.74. The highest BCUT2D eigenvalue weighted by Crippen LogP contribution is 2.17. The van der Waals surface area contributed by atoms with Crippen LogP contribution in [0.5, 0.6) is 0 Å². The zero-order chi connectivity index (χ0) is 13.0. The van der Waals surface area contributed by atoms with E-state index in [1.807, 2.05) is 0 Å². The van der Waals surface area contributed by atoms with Gasteiger partial charge >= 0.3 is 0 Å². The molecule has 5 heteroatoms. The van der Waals surface area contributed by atoms with Crippen LogP contribution >= 0.6 is 0 Å². The second-order valence-electron chi connectivity index (χ2n) is 4.79. The summed E-state index contributed by atoms with van der Waals surface area (Å²) in [6.07, 6.45) is 1.06. The van der Waals surface area contributed by atoms with Gasteiger partial charge in [-0.1, -0.05) is 20.8 Å². The Morgan fingerprint density at radius 2 is 1.76 bits per heavy atom. The average molecular weight is 237 g/mol. The molecule has 0 fully saturated rings. The number of aromatic nitrogens is 3. The molecule has 1 aromatic heterocycles. The van der Waals surface area contributed by atoms with Gasteiger partial charge in [-0.2, -0.15) is 15.0 Å². The first kappa shape index (κ1) is 13.7. The molecule has 1 aromatic rings. The molecule has 1 heterocycles. The van der Waals surface area contributed by atoms with Gasteiger partial charge in [0.2, 0.25) is 11.9 Å². The number of nitrogen functional groups attached to an aromatic ring is 1. The van der Waals surface area contributed by atoms with E-state index in [4.69, 9.17) is 5.73 Å². The van der Waals surface area contributed by atoms with Crippen LogP contribution in [0.15, 0.2) is 0 Å². The molecule has 0 bridgehead atoms. The Balaban J connectivity index is 3.10. The van der Waals surface area contributed by atoms with Crippen molar-refractivity contribution in [3.05, 3.63) is 5.82 Å². The molecule has 0 aliphatic rings. The fraction of sp³-hybridized carbons (Fsp3) is 0.750. The van der Waals surface area contributed by atoms with Crippen LogP contribution in [0.3, 0.4) is 0 Å². The molecule has 0 aliphatic carbocycles. The zero-order valence-corrected chi connectivity index (χ0v) is 11.4. The number of anilines is 2. The lowest BCUT2D eigenvalue weighted by Gasteiger charge is -2.26. The summed E-state index contributed by atoms with van der Waals surface area (Å²) in [5, 5.41) is 0. The van der Waals surface area contributed by atoms with E-state index in [9.17, 15) is 0 Å². The number of rotatable bonds is 5. The molecule has 0 saturated heterocycles. The monoisotopic (exact) mass is 237 g/mol. The van der Waals surface area contributed by atoms with Gasteiger partial charge in [-0.25, -0.2) is 0 Å². The van der Waals surface area contributed by atoms with E-state index in [1.165, 1.54) is 0 Å². The van der Waals surface area contributed by atoms with Gasteiger partial charge in [0, 0.05) is 18.5 Å². The first-order valence-corrected chi connectivity index (χ1v) is 6.23. The molecule has 96 valence electrons. The highest BCUT2D eigenvalue weighted by atomic mass is 15.3. The molecule has 0 radical (unpaired) electrons. The Morgan fingerprint density at radius 1 is 1.12 bits per heavy atom. The highest BCUT2D eigenvalue weighted by Gasteiger charge is 2.15. The summed E-state index contributed by atoms with van der Waals surface area (Å²) in [6.45, 7) is 11.4. The minimum Gasteiger partial charge on any atom is -0.368 e. The molecule has 0 aromatic carbocycles. The molecule has 0 saturated carbocycles. The van der Waals surface area contributed by atoms with Gasteiger partial charge < -0.3 is 10.6 Å². The quantitative estimate of drug-likeness (QED) is 0.850. The maximum Gasteiger partial charge on any atom is 0.230 e. The lowest BCUT2D eigenvalue weighted by molar-refractivity contribution is 0.640. The lowest BCUT2D eigenvalue weighted by atomic mass is 10.2. The van der Waals surface area contributed by atoms with Crippen molar-refractivity contribution in [3.63, 3.8) is 0 Å². The van der Waals surface area contributed by atoms with E-state index in [2.05, 4.69) is 54.5 Å². The Hall–Kier alpha value is -1.39. The number of nitrogens with zero attached hydrogens (tertiary/aromatic N) is 4. The second-order valence-corrected chi connectivity index (χ2v) is 4.79. The van der Waals surface area contributed by atoms with Crippen molar-refractivity contribution in [1.82, 2.24) is 15.0 Å². The molecule has 0 spiro atoms. The van der Waals surface area contributed by atoms with Crippen molar-refractivity contribution in [3.8, 4) is 0 Å². The normalized spacial score (nSPS) is 11.2. The number of nitrogens with two attached hydrogens (primary N) is 1. The highest BCUT2D eigenvalue weighted by molar-refractivity contribution is 5.36. The van der Waals surface area contributed by atoms with Crippen molar-refractivity contribution >= 4 is 11.9 Å². The SMILES string of the molecule is CCCN(c1nc(N)nc(C(C)C)n1)C(C)C. The van der Waals surface area contributed by atoms with Crippen LogP contribution in [0.1, 0.15) is 52.8 Å². The van der Waals surface area contributed by atoms with Crippen LogP contribution in [0.25, 0.3) is 0 Å². The molecule has 0 atom stereocenters. The molecule has 0 aliphatic heterocycles. The van der Waals surface area contributed by atoms with Gasteiger partial charge in [-0.3, -0.25) is 0 Å². The van der Waals surface area contributed by atoms with Gasteiger partial charge in [0.05, 0.1) is 0 Å². The Kier molecular flexibility index (Phi) is 4.66. The smallest absolute Gasteiger partial charge is 0.230 e. The van der Waals surface area contributed by atoms with E-state index < -0.39 is 0 Å². The van der Waals surface area contributed by atoms with E-state index >= 15 is 0 Å². The molecule has 0 amide bonds. The van der Waals surface area contributed by atoms with Gasteiger partial charge in [0.25, 0.3) is 0 Å². The van der Waals surface area contributed by atoms with Gasteiger partial charge in [0.15, 0.2) is 0 Å². The molecule has 2 N–H and O–H groups in total. The van der Waals surface area contributed by atoms with Crippen molar-refractivity contribution in [1.29, 1.82) is 0 Å². The summed E-state index contributed by atoms with van der Waals surface area (Å²) in [6, 6.07) is 0.358. The molecule has 5 nitrogen and oxygen atoms in total. The second kappa shape index (κ2) is 5.80. The van der Waals surface area contributed by atoms with E-state index in [-0.39, 0.29) is 5.92 Å². The predicted octanol–water partition coefficient (Wildman–Crippen LogP) is 2.20. The van der Waals surface area contributed by atoms with Crippen LogP contribution in [-0.2, 0) is 0 Å². The van der Waals surface area contributed by atoms with Crippen LogP contribution in [0.2, 0.25) is 0 Å². The molecule has 17 heavy (non-hydrogen) atoms. The van der Waals surface area contributed by atoms with E-state index in [0.717, 1.165) is 18.8 Å². The summed E-state index contributed by atoms with van der Waals surface area (Å²) >= 11 is 0. The van der Waals surface area contributed by atoms with Crippen LogP contribution in [0.4, 0.5) is 11.9 Å². The minimum atomic E-state index is 0.259. The van der Waals surface area contributed by atoms with Crippen LogP contribution in [-0.4, -0.2) is 27.5 Å². The summed E-state index contributed by atoms with van der Waals surface area (Å²) in [4.78, 5) is 15.1. The first-order chi connectivity index (χ1) is 7.95. The number of hydrogen-bond acceptors (Lipinski definition) is 5. The van der Waals surface area contributed by atoms with Crippen LogP contribution in [0, 0.1) is 0 Å². The average Bonchev–Trinajstić information content (AvgIpc) is 2.24. The Labute approximate surface area is 103 Å². The summed E-state index contributed by atoms with van der Waals surface area (Å²) < 4.78 is 0. The van der Waals surface area contributed by atoms with E-state index in [0.29, 0.717) is 17.9 Å². The topological polar surface area (TPSA) is 67.9 Å². The third kappa shape index (κ3) is 3.54. The molecule has 0 unspecified atom stereocenters. The van der Waals surface area contributed by atoms with Gasteiger partial charge in [0.1, 0.15) is 5.82 Å². The third-order valence-electron chi connectivity index (χ3n) is 2.52. The Morgan fingerprint density at radius 3 is 2.24 bits per heavy atom. The molecular weight excluding hydrogens is 214 g/mol. The fourth-order valence-corrected chi connectivity index (χ4v) is 1.61. The van der Waals surface area contributed by atoms with Crippen molar-refractivity contribution < 1.29 is 0 Å². The standard InChI is InChI=1S/C12H23N5/c1-6-7-17(9(4)5)12-15-10(8(2)3)14-11(13)16-12/h8-9H,6-7H2,1-5H3,(H2,13,14,15,16). The summed E-state index contributed by atoms with van der Waals surface area (Å²) in [5.74, 6) is 2.02. The third-order valence-corrected chi connectivity index (χ3v) is 2.52.